The number of rotatable bonds is 6. The van der Waals surface area contributed by atoms with Crippen molar-refractivity contribution in [2.75, 3.05) is 14.2 Å². The molecule has 1 heterocycles. The Hall–Kier alpha value is -3.49. The van der Waals surface area contributed by atoms with Gasteiger partial charge < -0.3 is 9.47 Å². The SMILES string of the molecule is COc1cc(C=NNC(=O)c2cccnc2)c([N+](=O)[O-])cc1OC. The van der Waals surface area contributed by atoms with Gasteiger partial charge >= 0.3 is 0 Å². The largest absolute Gasteiger partial charge is 0.493 e. The lowest BCUT2D eigenvalue weighted by Gasteiger charge is -2.08. The Morgan fingerprint density at radius 2 is 2.04 bits per heavy atom. The fraction of sp³-hybridized carbons (Fsp3) is 0.133. The van der Waals surface area contributed by atoms with E-state index in [4.69, 9.17) is 9.47 Å². The molecule has 1 aromatic carbocycles. The van der Waals surface area contributed by atoms with E-state index >= 15 is 0 Å². The number of hydrogen-bond donors (Lipinski definition) is 1. The molecule has 0 bridgehead atoms. The number of aromatic nitrogens is 1. The average Bonchev–Trinajstić information content (AvgIpc) is 2.61. The van der Waals surface area contributed by atoms with E-state index in [9.17, 15) is 14.9 Å². The molecular formula is C15H14N4O5. The van der Waals surface area contributed by atoms with Crippen LogP contribution in [0, 0.1) is 10.1 Å². The molecule has 1 aromatic heterocycles. The van der Waals surface area contributed by atoms with Gasteiger partial charge in [-0.2, -0.15) is 5.10 Å². The maximum absolute atomic E-state index is 11.8. The highest BCUT2D eigenvalue weighted by atomic mass is 16.6. The molecule has 0 unspecified atom stereocenters. The van der Waals surface area contributed by atoms with Gasteiger partial charge in [0.25, 0.3) is 11.6 Å². The lowest BCUT2D eigenvalue weighted by Crippen LogP contribution is -2.17. The Kier molecular flexibility index (Phi) is 5.40. The predicted molar refractivity (Wildman–Crippen MR) is 85.5 cm³/mol. The molecular weight excluding hydrogens is 316 g/mol. The van der Waals surface area contributed by atoms with Crippen LogP contribution in [0.25, 0.3) is 0 Å². The Bertz CT molecular complexity index is 777. The number of carbonyl (C=O) groups is 1. The second-order valence-electron chi connectivity index (χ2n) is 4.46. The normalized spacial score (nSPS) is 10.4. The van der Waals surface area contributed by atoms with E-state index in [1.165, 1.54) is 38.7 Å². The third-order valence-corrected chi connectivity index (χ3v) is 3.02. The minimum absolute atomic E-state index is 0.157. The van der Waals surface area contributed by atoms with Gasteiger partial charge in [-0.15, -0.1) is 0 Å². The third-order valence-electron chi connectivity index (χ3n) is 3.02. The third kappa shape index (κ3) is 3.83. The van der Waals surface area contributed by atoms with Crippen molar-refractivity contribution in [1.82, 2.24) is 10.4 Å². The van der Waals surface area contributed by atoms with Crippen LogP contribution in [-0.2, 0) is 0 Å². The second-order valence-corrected chi connectivity index (χ2v) is 4.46. The van der Waals surface area contributed by atoms with E-state index in [0.717, 1.165) is 6.21 Å². The molecule has 0 aliphatic carbocycles. The van der Waals surface area contributed by atoms with Gasteiger partial charge in [0, 0.05) is 12.4 Å². The van der Waals surface area contributed by atoms with Crippen molar-refractivity contribution in [3.63, 3.8) is 0 Å². The molecule has 124 valence electrons. The Morgan fingerprint density at radius 1 is 1.33 bits per heavy atom. The van der Waals surface area contributed by atoms with Crippen LogP contribution < -0.4 is 14.9 Å². The molecule has 2 aromatic rings. The molecule has 0 atom stereocenters. The van der Waals surface area contributed by atoms with Crippen molar-refractivity contribution in [3.05, 3.63) is 57.9 Å². The minimum Gasteiger partial charge on any atom is -0.493 e. The van der Waals surface area contributed by atoms with E-state index in [-0.39, 0.29) is 17.0 Å². The number of nitro benzene ring substituents is 1. The number of methoxy groups -OCH3 is 2. The highest BCUT2D eigenvalue weighted by Gasteiger charge is 2.18. The first-order valence-electron chi connectivity index (χ1n) is 6.70. The van der Waals surface area contributed by atoms with Gasteiger partial charge in [0.15, 0.2) is 11.5 Å². The van der Waals surface area contributed by atoms with E-state index < -0.39 is 10.8 Å². The first-order chi connectivity index (χ1) is 11.6. The van der Waals surface area contributed by atoms with Gasteiger partial charge in [0.2, 0.25) is 0 Å². The number of benzene rings is 1. The predicted octanol–water partition coefficient (Wildman–Crippen LogP) is 1.77. The first kappa shape index (κ1) is 16.9. The maximum atomic E-state index is 11.8. The summed E-state index contributed by atoms with van der Waals surface area (Å²) >= 11 is 0. The average molecular weight is 330 g/mol. The lowest BCUT2D eigenvalue weighted by molar-refractivity contribution is -0.385. The number of carbonyl (C=O) groups excluding carboxylic acids is 1. The maximum Gasteiger partial charge on any atom is 0.282 e. The molecule has 0 aliphatic rings. The van der Waals surface area contributed by atoms with Gasteiger partial charge in [0.05, 0.1) is 42.6 Å². The zero-order valence-electron chi connectivity index (χ0n) is 12.9. The van der Waals surface area contributed by atoms with Crippen LogP contribution in [0.2, 0.25) is 0 Å². The summed E-state index contributed by atoms with van der Waals surface area (Å²) < 4.78 is 10.1. The van der Waals surface area contributed by atoms with Crippen LogP contribution in [0.1, 0.15) is 15.9 Å². The molecule has 1 amide bonds. The van der Waals surface area contributed by atoms with Crippen molar-refractivity contribution in [2.24, 2.45) is 5.10 Å². The zero-order chi connectivity index (χ0) is 17.5. The Labute approximate surface area is 137 Å². The highest BCUT2D eigenvalue weighted by Crippen LogP contribution is 2.33. The molecule has 0 saturated carbocycles. The first-order valence-corrected chi connectivity index (χ1v) is 6.70. The van der Waals surface area contributed by atoms with Gasteiger partial charge in [0.1, 0.15) is 0 Å². The second kappa shape index (κ2) is 7.68. The molecule has 2 rings (SSSR count). The van der Waals surface area contributed by atoms with Crippen LogP contribution in [0.4, 0.5) is 5.69 Å². The summed E-state index contributed by atoms with van der Waals surface area (Å²) in [7, 11) is 2.79. The fourth-order valence-electron chi connectivity index (χ4n) is 1.87. The van der Waals surface area contributed by atoms with Crippen molar-refractivity contribution < 1.29 is 19.2 Å². The van der Waals surface area contributed by atoms with Crippen molar-refractivity contribution in [2.45, 2.75) is 0 Å². The number of nitrogens with one attached hydrogen (secondary N) is 1. The monoisotopic (exact) mass is 330 g/mol. The molecule has 24 heavy (non-hydrogen) atoms. The molecule has 9 heteroatoms. The summed E-state index contributed by atoms with van der Waals surface area (Å²) in [6.07, 6.45) is 4.07. The number of nitro groups is 1. The van der Waals surface area contributed by atoms with E-state index in [1.54, 1.807) is 12.1 Å². The summed E-state index contributed by atoms with van der Waals surface area (Å²) in [6, 6.07) is 5.80. The number of amides is 1. The van der Waals surface area contributed by atoms with E-state index in [1.807, 2.05) is 0 Å². The number of pyridine rings is 1. The van der Waals surface area contributed by atoms with Crippen molar-refractivity contribution in [1.29, 1.82) is 0 Å². The summed E-state index contributed by atoms with van der Waals surface area (Å²) in [5.74, 6) is 0.0476. The molecule has 0 aliphatic heterocycles. The van der Waals surface area contributed by atoms with E-state index in [0.29, 0.717) is 11.3 Å². The van der Waals surface area contributed by atoms with Crippen LogP contribution in [0.3, 0.4) is 0 Å². The minimum atomic E-state index is -0.577. The van der Waals surface area contributed by atoms with Crippen LogP contribution in [-0.4, -0.2) is 36.2 Å². The van der Waals surface area contributed by atoms with Crippen molar-refractivity contribution >= 4 is 17.8 Å². The molecule has 0 fully saturated rings. The van der Waals surface area contributed by atoms with Gasteiger partial charge in [-0.1, -0.05) is 0 Å². The lowest BCUT2D eigenvalue weighted by atomic mass is 10.1. The molecule has 1 N–H and O–H groups in total. The van der Waals surface area contributed by atoms with Crippen LogP contribution in [0.5, 0.6) is 11.5 Å². The number of hydrazone groups is 1. The van der Waals surface area contributed by atoms with Crippen LogP contribution in [0.15, 0.2) is 41.8 Å². The van der Waals surface area contributed by atoms with Gasteiger partial charge in [-0.05, 0) is 18.2 Å². The molecule has 0 radical (unpaired) electrons. The Balaban J connectivity index is 2.24. The van der Waals surface area contributed by atoms with Gasteiger partial charge in [-0.25, -0.2) is 5.43 Å². The van der Waals surface area contributed by atoms with E-state index in [2.05, 4.69) is 15.5 Å². The summed E-state index contributed by atoms with van der Waals surface area (Å²) in [5, 5.41) is 14.9. The van der Waals surface area contributed by atoms with Gasteiger partial charge in [-0.3, -0.25) is 19.9 Å². The molecule has 0 saturated heterocycles. The highest BCUT2D eigenvalue weighted by molar-refractivity contribution is 5.95. The zero-order valence-corrected chi connectivity index (χ0v) is 12.9. The molecule has 9 nitrogen and oxygen atoms in total. The smallest absolute Gasteiger partial charge is 0.282 e. The standard InChI is InChI=1S/C15H14N4O5/c1-23-13-6-11(12(19(21)22)7-14(13)24-2)9-17-18-15(20)10-4-3-5-16-8-10/h3-9H,1-2H3,(H,18,20). The summed E-state index contributed by atoms with van der Waals surface area (Å²) in [5.41, 5.74) is 2.52. The topological polar surface area (TPSA) is 116 Å². The number of nitrogens with zero attached hydrogens (tertiary/aromatic N) is 3. The van der Waals surface area contributed by atoms with Crippen LogP contribution >= 0.6 is 0 Å². The van der Waals surface area contributed by atoms with Crippen molar-refractivity contribution in [3.8, 4) is 11.5 Å². The summed E-state index contributed by atoms with van der Waals surface area (Å²) in [4.78, 5) is 26.2. The Morgan fingerprint density at radius 3 is 2.62 bits per heavy atom. The molecule has 0 spiro atoms. The number of hydrogen-bond acceptors (Lipinski definition) is 7. The number of ether oxygens (including phenoxy) is 2. The summed E-state index contributed by atoms with van der Waals surface area (Å²) in [6.45, 7) is 0. The fourth-order valence-corrected chi connectivity index (χ4v) is 1.87. The quantitative estimate of drug-likeness (QED) is 0.490.